The summed E-state index contributed by atoms with van der Waals surface area (Å²) in [7, 11) is 3.49. The summed E-state index contributed by atoms with van der Waals surface area (Å²) < 4.78 is 7.01. The van der Waals surface area contributed by atoms with Crippen LogP contribution in [0.15, 0.2) is 23.6 Å². The predicted molar refractivity (Wildman–Crippen MR) is 109 cm³/mol. The Morgan fingerprint density at radius 2 is 2.15 bits per heavy atom. The number of benzene rings is 1. The number of anilines is 1. The van der Waals surface area contributed by atoms with E-state index in [2.05, 4.69) is 15.4 Å². The first-order chi connectivity index (χ1) is 12.9. The fourth-order valence-electron chi connectivity index (χ4n) is 2.89. The number of amides is 1. The third kappa shape index (κ3) is 4.31. The number of carbonyl (C=O) groups is 1. The predicted octanol–water partition coefficient (Wildman–Crippen LogP) is 4.39. The lowest BCUT2D eigenvalue weighted by Crippen LogP contribution is -2.12. The van der Waals surface area contributed by atoms with Gasteiger partial charge in [-0.15, -0.1) is 11.3 Å². The van der Waals surface area contributed by atoms with Gasteiger partial charge in [0.25, 0.3) is 0 Å². The van der Waals surface area contributed by atoms with E-state index in [9.17, 15) is 4.79 Å². The van der Waals surface area contributed by atoms with Crippen LogP contribution in [0.25, 0.3) is 11.3 Å². The Morgan fingerprint density at radius 1 is 1.37 bits per heavy atom. The molecule has 3 rings (SSSR count). The van der Waals surface area contributed by atoms with Crippen molar-refractivity contribution < 1.29 is 9.53 Å². The molecular weight excluding hydrogens is 384 g/mol. The molecule has 6 nitrogen and oxygen atoms in total. The van der Waals surface area contributed by atoms with Crippen molar-refractivity contribution >= 4 is 34.0 Å². The number of hydrogen-bond donors (Lipinski definition) is 1. The second-order valence-corrected chi connectivity index (χ2v) is 7.47. The molecule has 1 aromatic carbocycles. The minimum Gasteiger partial charge on any atom is -0.495 e. The Labute approximate surface area is 167 Å². The lowest BCUT2D eigenvalue weighted by molar-refractivity contribution is -0.116. The van der Waals surface area contributed by atoms with Crippen molar-refractivity contribution in [3.05, 3.63) is 45.6 Å². The molecule has 0 atom stereocenters. The van der Waals surface area contributed by atoms with Crippen LogP contribution < -0.4 is 10.1 Å². The van der Waals surface area contributed by atoms with Gasteiger partial charge in [-0.05, 0) is 44.0 Å². The Balaban J connectivity index is 1.63. The number of aromatic nitrogens is 3. The molecule has 0 saturated carbocycles. The van der Waals surface area contributed by atoms with E-state index in [1.807, 2.05) is 37.0 Å². The van der Waals surface area contributed by atoms with Gasteiger partial charge in [-0.1, -0.05) is 11.6 Å². The third-order valence-electron chi connectivity index (χ3n) is 4.46. The zero-order chi connectivity index (χ0) is 19.6. The molecule has 0 unspecified atom stereocenters. The van der Waals surface area contributed by atoms with E-state index in [4.69, 9.17) is 16.3 Å². The van der Waals surface area contributed by atoms with Crippen molar-refractivity contribution in [1.82, 2.24) is 14.8 Å². The molecule has 2 aromatic heterocycles. The largest absolute Gasteiger partial charge is 0.495 e. The first-order valence-corrected chi connectivity index (χ1v) is 9.73. The van der Waals surface area contributed by atoms with Crippen LogP contribution in [-0.4, -0.2) is 27.8 Å². The molecule has 3 aromatic rings. The Bertz CT molecular complexity index is 980. The van der Waals surface area contributed by atoms with Crippen LogP contribution in [-0.2, 0) is 18.3 Å². The molecule has 8 heteroatoms. The van der Waals surface area contributed by atoms with Gasteiger partial charge in [0.15, 0.2) is 5.13 Å². The number of thiazole rings is 1. The van der Waals surface area contributed by atoms with Gasteiger partial charge >= 0.3 is 0 Å². The maximum Gasteiger partial charge on any atom is 0.226 e. The van der Waals surface area contributed by atoms with Gasteiger partial charge in [0, 0.05) is 30.1 Å². The summed E-state index contributed by atoms with van der Waals surface area (Å²) in [6, 6.07) is 5.49. The van der Waals surface area contributed by atoms with Gasteiger partial charge in [0.1, 0.15) is 5.75 Å². The van der Waals surface area contributed by atoms with Gasteiger partial charge < -0.3 is 10.1 Å². The molecule has 0 aliphatic heterocycles. The minimum atomic E-state index is -0.0636. The summed E-state index contributed by atoms with van der Waals surface area (Å²) in [5, 5.41) is 10.2. The summed E-state index contributed by atoms with van der Waals surface area (Å²) in [4.78, 5) is 16.8. The maximum absolute atomic E-state index is 12.3. The van der Waals surface area contributed by atoms with Gasteiger partial charge in [-0.3, -0.25) is 9.48 Å². The standard InChI is InChI=1S/C19H21ClN4O2S/c1-11-14(12(2)24(3)23-11)6-8-18(25)22-19-21-16(10-27-19)13-5-7-17(26-4)15(20)9-13/h5,7,9-10H,6,8H2,1-4H3,(H,21,22,25). The zero-order valence-electron chi connectivity index (χ0n) is 15.7. The highest BCUT2D eigenvalue weighted by atomic mass is 35.5. The summed E-state index contributed by atoms with van der Waals surface area (Å²) in [5.41, 5.74) is 4.82. The van der Waals surface area contributed by atoms with Crippen LogP contribution in [0.4, 0.5) is 5.13 Å². The summed E-state index contributed by atoms with van der Waals surface area (Å²) in [6.07, 6.45) is 1.04. The molecule has 1 N–H and O–H groups in total. The Kier molecular flexibility index (Phi) is 5.82. The Hall–Kier alpha value is -2.38. The monoisotopic (exact) mass is 404 g/mol. The van der Waals surface area contributed by atoms with Crippen molar-refractivity contribution in [3.63, 3.8) is 0 Å². The van der Waals surface area contributed by atoms with E-state index in [1.165, 1.54) is 11.3 Å². The van der Waals surface area contributed by atoms with Gasteiger partial charge in [-0.2, -0.15) is 5.10 Å². The fourth-order valence-corrected chi connectivity index (χ4v) is 3.88. The highest BCUT2D eigenvalue weighted by Gasteiger charge is 2.13. The van der Waals surface area contributed by atoms with Crippen molar-refractivity contribution in [2.24, 2.45) is 7.05 Å². The van der Waals surface area contributed by atoms with Gasteiger partial charge in [0.2, 0.25) is 5.91 Å². The van der Waals surface area contributed by atoms with Crippen LogP contribution >= 0.6 is 22.9 Å². The molecule has 0 aliphatic rings. The van der Waals surface area contributed by atoms with Crippen LogP contribution in [0.3, 0.4) is 0 Å². The normalized spacial score (nSPS) is 10.9. The molecule has 0 radical (unpaired) electrons. The first kappa shape index (κ1) is 19.4. The van der Waals surface area contributed by atoms with Crippen molar-refractivity contribution in [2.75, 3.05) is 12.4 Å². The molecule has 0 saturated heterocycles. The second-order valence-electron chi connectivity index (χ2n) is 6.21. The molecular formula is C19H21ClN4O2S. The summed E-state index contributed by atoms with van der Waals surface area (Å²) in [5.74, 6) is 0.552. The quantitative estimate of drug-likeness (QED) is 0.661. The topological polar surface area (TPSA) is 69.0 Å². The number of ether oxygens (including phenoxy) is 1. The Morgan fingerprint density at radius 3 is 2.78 bits per heavy atom. The fraction of sp³-hybridized carbons (Fsp3) is 0.316. The van der Waals surface area contributed by atoms with E-state index < -0.39 is 0 Å². The minimum absolute atomic E-state index is 0.0636. The smallest absolute Gasteiger partial charge is 0.226 e. The number of aryl methyl sites for hydroxylation is 2. The molecule has 0 bridgehead atoms. The van der Waals surface area contributed by atoms with Gasteiger partial charge in [-0.25, -0.2) is 4.98 Å². The number of hydrogen-bond acceptors (Lipinski definition) is 5. The number of methoxy groups -OCH3 is 1. The molecule has 142 valence electrons. The molecule has 0 aliphatic carbocycles. The third-order valence-corrected chi connectivity index (χ3v) is 5.51. The second kappa shape index (κ2) is 8.10. The summed E-state index contributed by atoms with van der Waals surface area (Å²) in [6.45, 7) is 3.98. The van der Waals surface area contributed by atoms with E-state index in [-0.39, 0.29) is 5.91 Å². The van der Waals surface area contributed by atoms with E-state index >= 15 is 0 Å². The average molecular weight is 405 g/mol. The number of nitrogens with one attached hydrogen (secondary N) is 1. The van der Waals surface area contributed by atoms with Crippen molar-refractivity contribution in [3.8, 4) is 17.0 Å². The van der Waals surface area contributed by atoms with Crippen LogP contribution in [0.2, 0.25) is 5.02 Å². The van der Waals surface area contributed by atoms with Crippen LogP contribution in [0, 0.1) is 13.8 Å². The molecule has 0 fully saturated rings. The average Bonchev–Trinajstić information content (AvgIpc) is 3.18. The SMILES string of the molecule is COc1ccc(-c2csc(NC(=O)CCc3c(C)nn(C)c3C)n2)cc1Cl. The van der Waals surface area contributed by atoms with E-state index in [1.54, 1.807) is 19.2 Å². The van der Waals surface area contributed by atoms with E-state index in [0.717, 1.165) is 28.2 Å². The zero-order valence-corrected chi connectivity index (χ0v) is 17.2. The molecule has 0 spiro atoms. The molecule has 1 amide bonds. The van der Waals surface area contributed by atoms with E-state index in [0.29, 0.717) is 28.7 Å². The highest BCUT2D eigenvalue weighted by Crippen LogP contribution is 2.31. The first-order valence-electron chi connectivity index (χ1n) is 8.47. The van der Waals surface area contributed by atoms with Crippen molar-refractivity contribution in [1.29, 1.82) is 0 Å². The number of nitrogens with zero attached hydrogens (tertiary/aromatic N) is 3. The van der Waals surface area contributed by atoms with Gasteiger partial charge in [0.05, 0.1) is 23.5 Å². The lowest BCUT2D eigenvalue weighted by Gasteiger charge is -2.04. The molecule has 27 heavy (non-hydrogen) atoms. The lowest BCUT2D eigenvalue weighted by atomic mass is 10.1. The molecule has 2 heterocycles. The number of halogens is 1. The summed E-state index contributed by atoms with van der Waals surface area (Å²) >= 11 is 7.56. The van der Waals surface area contributed by atoms with Crippen LogP contribution in [0.1, 0.15) is 23.4 Å². The number of rotatable bonds is 6. The maximum atomic E-state index is 12.3. The van der Waals surface area contributed by atoms with Crippen molar-refractivity contribution in [2.45, 2.75) is 26.7 Å². The number of carbonyl (C=O) groups excluding carboxylic acids is 1. The highest BCUT2D eigenvalue weighted by molar-refractivity contribution is 7.14. The van der Waals surface area contributed by atoms with Crippen LogP contribution in [0.5, 0.6) is 5.75 Å².